The molecule has 0 saturated heterocycles. The van der Waals surface area contributed by atoms with Crippen LogP contribution in [-0.4, -0.2) is 16.2 Å². The van der Waals surface area contributed by atoms with Gasteiger partial charge in [0.25, 0.3) is 0 Å². The molecule has 0 aliphatic heterocycles. The van der Waals surface area contributed by atoms with Crippen molar-refractivity contribution in [2.45, 2.75) is 6.10 Å². The lowest BCUT2D eigenvalue weighted by atomic mass is 10.0. The van der Waals surface area contributed by atoms with E-state index in [9.17, 15) is 9.90 Å². The van der Waals surface area contributed by atoms with Gasteiger partial charge in [-0.25, -0.2) is 4.79 Å². The molecular weight excluding hydrogens is 232 g/mol. The lowest BCUT2D eigenvalue weighted by Crippen LogP contribution is -2.18. The predicted octanol–water partition coefficient (Wildman–Crippen LogP) is 1.62. The van der Waals surface area contributed by atoms with Crippen LogP contribution in [0.3, 0.4) is 0 Å². The molecule has 1 unspecified atom stereocenters. The minimum Gasteiger partial charge on any atom is -0.408 e. The van der Waals surface area contributed by atoms with Gasteiger partial charge in [0.2, 0.25) is 0 Å². The number of ether oxygens (including phenoxy) is 1. The third-order valence-electron chi connectivity index (χ3n) is 2.44. The predicted molar refractivity (Wildman–Crippen MR) is 65.0 cm³/mol. The highest BCUT2D eigenvalue weighted by atomic mass is 16.5. The molecule has 92 valence electrons. The molecule has 0 aliphatic rings. The van der Waals surface area contributed by atoms with E-state index in [2.05, 4.69) is 4.98 Å². The molecule has 0 radical (unpaired) electrons. The standard InChI is InChI=1S/C13H12N2O3/c14-13(17)18-11-8-15-7-6-10(11)12(16)9-4-2-1-3-5-9/h1-8,12,16H,(H2,14,17). The van der Waals surface area contributed by atoms with Crippen LogP contribution in [0, 0.1) is 0 Å². The molecule has 2 aromatic rings. The average molecular weight is 244 g/mol. The number of aliphatic hydroxyl groups excluding tert-OH is 1. The fourth-order valence-electron chi connectivity index (χ4n) is 1.63. The second-order valence-corrected chi connectivity index (χ2v) is 3.65. The number of hydrogen-bond donors (Lipinski definition) is 2. The van der Waals surface area contributed by atoms with Crippen molar-refractivity contribution in [3.63, 3.8) is 0 Å². The number of primary amides is 1. The number of rotatable bonds is 3. The van der Waals surface area contributed by atoms with E-state index >= 15 is 0 Å². The Balaban J connectivity index is 2.36. The molecular formula is C13H12N2O3. The molecule has 0 spiro atoms. The number of aromatic nitrogens is 1. The van der Waals surface area contributed by atoms with E-state index in [4.69, 9.17) is 10.5 Å². The van der Waals surface area contributed by atoms with E-state index in [1.54, 1.807) is 18.2 Å². The molecule has 1 aromatic heterocycles. The van der Waals surface area contributed by atoms with Gasteiger partial charge in [0.15, 0.2) is 5.75 Å². The smallest absolute Gasteiger partial charge is 0.408 e. The molecule has 1 aromatic carbocycles. The van der Waals surface area contributed by atoms with Gasteiger partial charge >= 0.3 is 6.09 Å². The van der Waals surface area contributed by atoms with Gasteiger partial charge in [-0.3, -0.25) is 4.98 Å². The highest BCUT2D eigenvalue weighted by Gasteiger charge is 2.16. The molecule has 1 amide bonds. The zero-order chi connectivity index (χ0) is 13.0. The fraction of sp³-hybridized carbons (Fsp3) is 0.0769. The molecule has 18 heavy (non-hydrogen) atoms. The summed E-state index contributed by atoms with van der Waals surface area (Å²) in [6, 6.07) is 10.6. The molecule has 3 N–H and O–H groups in total. The Morgan fingerprint density at radius 3 is 2.67 bits per heavy atom. The summed E-state index contributed by atoms with van der Waals surface area (Å²) in [5.41, 5.74) is 6.09. The highest BCUT2D eigenvalue weighted by molar-refractivity contribution is 5.68. The summed E-state index contributed by atoms with van der Waals surface area (Å²) >= 11 is 0. The van der Waals surface area contributed by atoms with Gasteiger partial charge < -0.3 is 15.6 Å². The van der Waals surface area contributed by atoms with Crippen LogP contribution >= 0.6 is 0 Å². The number of carbonyl (C=O) groups is 1. The van der Waals surface area contributed by atoms with Crippen molar-refractivity contribution >= 4 is 6.09 Å². The van der Waals surface area contributed by atoms with E-state index in [-0.39, 0.29) is 5.75 Å². The van der Waals surface area contributed by atoms with Crippen molar-refractivity contribution < 1.29 is 14.6 Å². The lowest BCUT2D eigenvalue weighted by Gasteiger charge is -2.14. The number of pyridine rings is 1. The third kappa shape index (κ3) is 2.64. The SMILES string of the molecule is NC(=O)Oc1cnccc1C(O)c1ccccc1. The molecule has 0 aliphatic carbocycles. The van der Waals surface area contributed by atoms with E-state index in [1.807, 2.05) is 18.2 Å². The average Bonchev–Trinajstić information content (AvgIpc) is 2.39. The van der Waals surface area contributed by atoms with Crippen LogP contribution in [0.15, 0.2) is 48.8 Å². The Bertz CT molecular complexity index is 543. The first-order valence-electron chi connectivity index (χ1n) is 5.32. The first kappa shape index (κ1) is 12.1. The molecule has 1 heterocycles. The minimum absolute atomic E-state index is 0.154. The van der Waals surface area contributed by atoms with Crippen molar-refractivity contribution in [2.75, 3.05) is 0 Å². The quantitative estimate of drug-likeness (QED) is 0.859. The Kier molecular flexibility index (Phi) is 3.54. The van der Waals surface area contributed by atoms with Crippen molar-refractivity contribution in [2.24, 2.45) is 5.73 Å². The van der Waals surface area contributed by atoms with Crippen LogP contribution in [0.4, 0.5) is 4.79 Å². The van der Waals surface area contributed by atoms with Crippen LogP contribution in [0.2, 0.25) is 0 Å². The largest absolute Gasteiger partial charge is 0.410 e. The second-order valence-electron chi connectivity index (χ2n) is 3.65. The summed E-state index contributed by atoms with van der Waals surface area (Å²) in [5.74, 6) is 0.154. The van der Waals surface area contributed by atoms with Gasteiger partial charge in [-0.2, -0.15) is 0 Å². The lowest BCUT2D eigenvalue weighted by molar-refractivity contribution is 0.200. The van der Waals surface area contributed by atoms with E-state index in [0.29, 0.717) is 11.1 Å². The molecule has 0 saturated carbocycles. The van der Waals surface area contributed by atoms with Gasteiger partial charge in [-0.05, 0) is 11.6 Å². The van der Waals surface area contributed by atoms with Crippen molar-refractivity contribution in [1.29, 1.82) is 0 Å². The van der Waals surface area contributed by atoms with Gasteiger partial charge in [0.1, 0.15) is 6.10 Å². The van der Waals surface area contributed by atoms with Gasteiger partial charge in [0.05, 0.1) is 6.20 Å². The molecule has 1 atom stereocenters. The maximum Gasteiger partial charge on any atom is 0.410 e. The Hall–Kier alpha value is -2.40. The second kappa shape index (κ2) is 5.29. The normalized spacial score (nSPS) is 11.8. The maximum atomic E-state index is 10.8. The van der Waals surface area contributed by atoms with Crippen LogP contribution in [0.1, 0.15) is 17.2 Å². The molecule has 0 fully saturated rings. The number of amides is 1. The monoisotopic (exact) mass is 244 g/mol. The van der Waals surface area contributed by atoms with Crippen LogP contribution in [-0.2, 0) is 0 Å². The van der Waals surface area contributed by atoms with Gasteiger partial charge in [-0.15, -0.1) is 0 Å². The molecule has 5 heteroatoms. The van der Waals surface area contributed by atoms with Crippen molar-refractivity contribution in [1.82, 2.24) is 4.98 Å². The van der Waals surface area contributed by atoms with Crippen molar-refractivity contribution in [3.05, 3.63) is 59.9 Å². The molecule has 2 rings (SSSR count). The number of nitrogens with zero attached hydrogens (tertiary/aromatic N) is 1. The third-order valence-corrected chi connectivity index (χ3v) is 2.44. The summed E-state index contributed by atoms with van der Waals surface area (Å²) in [6.45, 7) is 0. The maximum absolute atomic E-state index is 10.8. The Morgan fingerprint density at radius 2 is 2.00 bits per heavy atom. The number of carbonyl (C=O) groups excluding carboxylic acids is 1. The number of aliphatic hydroxyl groups is 1. The summed E-state index contributed by atoms with van der Waals surface area (Å²) in [5, 5.41) is 10.2. The zero-order valence-electron chi connectivity index (χ0n) is 9.48. The van der Waals surface area contributed by atoms with Gasteiger partial charge in [-0.1, -0.05) is 30.3 Å². The van der Waals surface area contributed by atoms with E-state index in [1.165, 1.54) is 12.4 Å². The summed E-state index contributed by atoms with van der Waals surface area (Å²) in [6.07, 6.45) is 1.01. The Labute approximate surface area is 104 Å². The van der Waals surface area contributed by atoms with Crippen LogP contribution in [0.5, 0.6) is 5.75 Å². The summed E-state index contributed by atoms with van der Waals surface area (Å²) in [4.78, 5) is 14.6. The molecule has 0 bridgehead atoms. The first-order valence-corrected chi connectivity index (χ1v) is 5.32. The van der Waals surface area contributed by atoms with Crippen LogP contribution in [0.25, 0.3) is 0 Å². The van der Waals surface area contributed by atoms with Crippen LogP contribution < -0.4 is 10.5 Å². The van der Waals surface area contributed by atoms with E-state index < -0.39 is 12.2 Å². The number of hydrogen-bond acceptors (Lipinski definition) is 4. The summed E-state index contributed by atoms with van der Waals surface area (Å²) < 4.78 is 4.80. The zero-order valence-corrected chi connectivity index (χ0v) is 9.48. The highest BCUT2D eigenvalue weighted by Crippen LogP contribution is 2.28. The Morgan fingerprint density at radius 1 is 1.28 bits per heavy atom. The fourth-order valence-corrected chi connectivity index (χ4v) is 1.63. The number of benzene rings is 1. The van der Waals surface area contributed by atoms with Gasteiger partial charge in [0, 0.05) is 11.8 Å². The topological polar surface area (TPSA) is 85.4 Å². The van der Waals surface area contributed by atoms with Crippen molar-refractivity contribution in [3.8, 4) is 5.75 Å². The molecule has 5 nitrogen and oxygen atoms in total. The summed E-state index contributed by atoms with van der Waals surface area (Å²) in [7, 11) is 0. The first-order chi connectivity index (χ1) is 8.68. The minimum atomic E-state index is -0.940. The number of nitrogens with two attached hydrogens (primary N) is 1. The van der Waals surface area contributed by atoms with E-state index in [0.717, 1.165) is 0 Å².